The summed E-state index contributed by atoms with van der Waals surface area (Å²) in [5.41, 5.74) is 2.24. The number of sulfone groups is 1. The van der Waals surface area contributed by atoms with Gasteiger partial charge >= 0.3 is 0 Å². The zero-order valence-corrected chi connectivity index (χ0v) is 19.3. The second-order valence-electron chi connectivity index (χ2n) is 7.46. The summed E-state index contributed by atoms with van der Waals surface area (Å²) in [5, 5.41) is 15.2. The molecule has 10 heteroatoms. The number of benzene rings is 2. The Hall–Kier alpha value is -3.66. The Labute approximate surface area is 187 Å². The number of aryl methyl sites for hydroxylation is 1. The molecule has 2 N–H and O–H groups in total. The molecule has 0 saturated heterocycles. The number of amides is 1. The van der Waals surface area contributed by atoms with Gasteiger partial charge in [0.2, 0.25) is 0 Å². The molecule has 32 heavy (non-hydrogen) atoms. The first-order valence-electron chi connectivity index (χ1n) is 9.64. The lowest BCUT2D eigenvalue weighted by atomic mass is 10.1. The molecule has 0 aliphatic carbocycles. The molecule has 1 aromatic heterocycles. The number of rotatable bonds is 6. The first kappa shape index (κ1) is 23.0. The van der Waals surface area contributed by atoms with E-state index in [2.05, 4.69) is 10.4 Å². The largest absolute Gasteiger partial charge is 0.497 e. The molecule has 1 amide bonds. The minimum Gasteiger partial charge on any atom is -0.497 e. The summed E-state index contributed by atoms with van der Waals surface area (Å²) in [7, 11) is 1.39. The van der Waals surface area contributed by atoms with Crippen LogP contribution in [0.1, 0.15) is 21.7 Å². The van der Waals surface area contributed by atoms with Gasteiger partial charge in [-0.1, -0.05) is 0 Å². The quantitative estimate of drug-likeness (QED) is 0.436. The lowest BCUT2D eigenvalue weighted by molar-refractivity contribution is 0.101. The van der Waals surface area contributed by atoms with Crippen molar-refractivity contribution in [3.63, 3.8) is 0 Å². The summed E-state index contributed by atoms with van der Waals surface area (Å²) in [6, 6.07) is 13.0. The summed E-state index contributed by atoms with van der Waals surface area (Å²) in [4.78, 5) is 14.7. The second-order valence-corrected chi connectivity index (χ2v) is 9.45. The van der Waals surface area contributed by atoms with E-state index in [4.69, 9.17) is 10.1 Å². The van der Waals surface area contributed by atoms with E-state index >= 15 is 0 Å². The van der Waals surface area contributed by atoms with Gasteiger partial charge in [-0.05, 0) is 49.4 Å². The van der Waals surface area contributed by atoms with Crippen LogP contribution >= 0.6 is 0 Å². The molecular weight excluding hydrogens is 430 g/mol. The van der Waals surface area contributed by atoms with E-state index in [1.165, 1.54) is 17.9 Å². The number of methoxy groups -OCH3 is 1. The van der Waals surface area contributed by atoms with Gasteiger partial charge in [-0.15, -0.1) is 0 Å². The van der Waals surface area contributed by atoms with E-state index in [0.29, 0.717) is 28.5 Å². The maximum Gasteiger partial charge on any atom is 0.274 e. The summed E-state index contributed by atoms with van der Waals surface area (Å²) in [5.74, 6) is 0.285. The molecule has 3 aromatic rings. The molecule has 0 bridgehead atoms. The van der Waals surface area contributed by atoms with E-state index in [1.807, 2.05) is 0 Å². The van der Waals surface area contributed by atoms with Gasteiger partial charge in [0.05, 0.1) is 23.4 Å². The molecule has 0 fully saturated rings. The summed E-state index contributed by atoms with van der Waals surface area (Å²) < 4.78 is 31.3. The SMILES string of the molecule is COc1ccc(-n2nc(C)cc2C(=O)Nc2ccc(C(=N)N(C)C)cc2)c(S(C)(=O)=O)c1. The molecule has 1 heterocycles. The fourth-order valence-corrected chi connectivity index (χ4v) is 3.97. The van der Waals surface area contributed by atoms with Crippen molar-refractivity contribution >= 4 is 27.3 Å². The Morgan fingerprint density at radius 3 is 2.34 bits per heavy atom. The number of hydrogen-bond donors (Lipinski definition) is 2. The molecule has 3 rings (SSSR count). The van der Waals surface area contributed by atoms with Crippen LogP contribution in [0.15, 0.2) is 53.4 Å². The number of nitrogens with one attached hydrogen (secondary N) is 2. The molecule has 0 radical (unpaired) electrons. The highest BCUT2D eigenvalue weighted by Gasteiger charge is 2.22. The molecule has 2 aromatic carbocycles. The number of carbonyl (C=O) groups is 1. The van der Waals surface area contributed by atoms with Crippen molar-refractivity contribution in [3.8, 4) is 11.4 Å². The van der Waals surface area contributed by atoms with Gasteiger partial charge in [0.25, 0.3) is 5.91 Å². The van der Waals surface area contributed by atoms with Gasteiger partial charge in [0.15, 0.2) is 9.84 Å². The molecule has 0 saturated carbocycles. The number of hydrogen-bond acceptors (Lipinski definition) is 6. The third kappa shape index (κ3) is 4.80. The second kappa shape index (κ2) is 8.83. The Bertz CT molecular complexity index is 1280. The van der Waals surface area contributed by atoms with Crippen LogP contribution in [0.5, 0.6) is 5.75 Å². The molecule has 0 aliphatic heterocycles. The van der Waals surface area contributed by atoms with Crippen LogP contribution in [0.2, 0.25) is 0 Å². The molecular formula is C22H25N5O4S. The minimum atomic E-state index is -3.62. The molecule has 0 spiro atoms. The number of carbonyl (C=O) groups excluding carboxylic acids is 1. The predicted octanol–water partition coefficient (Wildman–Crippen LogP) is 2.73. The Kier molecular flexibility index (Phi) is 6.35. The van der Waals surface area contributed by atoms with Gasteiger partial charge in [-0.2, -0.15) is 5.10 Å². The average molecular weight is 456 g/mol. The van der Waals surface area contributed by atoms with Crippen molar-refractivity contribution in [1.82, 2.24) is 14.7 Å². The van der Waals surface area contributed by atoms with Gasteiger partial charge in [0, 0.05) is 37.7 Å². The Morgan fingerprint density at radius 2 is 1.78 bits per heavy atom. The summed E-state index contributed by atoms with van der Waals surface area (Å²) >= 11 is 0. The van der Waals surface area contributed by atoms with Crippen LogP contribution in [0.25, 0.3) is 5.69 Å². The van der Waals surface area contributed by atoms with Crippen molar-refractivity contribution < 1.29 is 17.9 Å². The average Bonchev–Trinajstić information content (AvgIpc) is 3.14. The number of nitrogens with zero attached hydrogens (tertiary/aromatic N) is 3. The van der Waals surface area contributed by atoms with E-state index in [9.17, 15) is 13.2 Å². The summed E-state index contributed by atoms with van der Waals surface area (Å²) in [6.45, 7) is 1.72. The van der Waals surface area contributed by atoms with Gasteiger partial charge in [-0.25, -0.2) is 13.1 Å². The van der Waals surface area contributed by atoms with Gasteiger partial charge < -0.3 is 15.0 Å². The van der Waals surface area contributed by atoms with Crippen LogP contribution < -0.4 is 10.1 Å². The van der Waals surface area contributed by atoms with Crippen LogP contribution in [0.4, 0.5) is 5.69 Å². The number of amidine groups is 1. The smallest absolute Gasteiger partial charge is 0.274 e. The van der Waals surface area contributed by atoms with Gasteiger partial charge in [-0.3, -0.25) is 10.2 Å². The van der Waals surface area contributed by atoms with Crippen molar-refractivity contribution in [2.75, 3.05) is 32.8 Å². The van der Waals surface area contributed by atoms with E-state index in [1.54, 1.807) is 68.4 Å². The van der Waals surface area contributed by atoms with Crippen molar-refractivity contribution in [3.05, 3.63) is 65.5 Å². The van der Waals surface area contributed by atoms with E-state index in [-0.39, 0.29) is 16.3 Å². The first-order chi connectivity index (χ1) is 15.0. The van der Waals surface area contributed by atoms with Crippen molar-refractivity contribution in [2.45, 2.75) is 11.8 Å². The molecule has 0 unspecified atom stereocenters. The third-order valence-electron chi connectivity index (χ3n) is 4.72. The monoisotopic (exact) mass is 455 g/mol. The van der Waals surface area contributed by atoms with Crippen LogP contribution in [-0.2, 0) is 9.84 Å². The zero-order chi connectivity index (χ0) is 23.6. The number of aromatic nitrogens is 2. The normalized spacial score (nSPS) is 11.2. The highest BCUT2D eigenvalue weighted by atomic mass is 32.2. The van der Waals surface area contributed by atoms with Crippen LogP contribution in [0, 0.1) is 12.3 Å². The zero-order valence-electron chi connectivity index (χ0n) is 18.5. The molecule has 168 valence electrons. The lowest BCUT2D eigenvalue weighted by Crippen LogP contribution is -2.22. The Morgan fingerprint density at radius 1 is 1.12 bits per heavy atom. The maximum atomic E-state index is 13.0. The maximum absolute atomic E-state index is 13.0. The van der Waals surface area contributed by atoms with Crippen LogP contribution in [-0.4, -0.2) is 62.3 Å². The number of anilines is 1. The topological polar surface area (TPSA) is 117 Å². The standard InChI is InChI=1S/C22H25N5O4S/c1-14-12-19(22(28)24-16-8-6-15(7-9-16)21(23)26(2)3)27(25-14)18-11-10-17(31-4)13-20(18)32(5,29)30/h6-13,23H,1-5H3,(H,24,28). The van der Waals surface area contributed by atoms with Crippen molar-refractivity contribution in [2.24, 2.45) is 0 Å². The third-order valence-corrected chi connectivity index (χ3v) is 5.85. The lowest BCUT2D eigenvalue weighted by Gasteiger charge is -2.15. The highest BCUT2D eigenvalue weighted by Crippen LogP contribution is 2.27. The molecule has 0 aliphatic rings. The van der Waals surface area contributed by atoms with Crippen molar-refractivity contribution in [1.29, 1.82) is 5.41 Å². The first-order valence-corrected chi connectivity index (χ1v) is 11.5. The fraction of sp³-hybridized carbons (Fsp3) is 0.227. The highest BCUT2D eigenvalue weighted by molar-refractivity contribution is 7.90. The predicted molar refractivity (Wildman–Crippen MR) is 123 cm³/mol. The van der Waals surface area contributed by atoms with Crippen LogP contribution in [0.3, 0.4) is 0 Å². The molecule has 0 atom stereocenters. The van der Waals surface area contributed by atoms with E-state index in [0.717, 1.165) is 6.26 Å². The summed E-state index contributed by atoms with van der Waals surface area (Å²) in [6.07, 6.45) is 1.09. The van der Waals surface area contributed by atoms with Gasteiger partial charge in [0.1, 0.15) is 17.3 Å². The Balaban J connectivity index is 1.97. The molecule has 9 nitrogen and oxygen atoms in total. The minimum absolute atomic E-state index is 0.000510. The number of ether oxygens (including phenoxy) is 1. The fourth-order valence-electron chi connectivity index (χ4n) is 3.10. The van der Waals surface area contributed by atoms with E-state index < -0.39 is 15.7 Å².